The molecule has 8 nitrogen and oxygen atoms in total. The molecule has 0 spiro atoms. The van der Waals surface area contributed by atoms with Gasteiger partial charge >= 0.3 is 6.09 Å². The molecule has 3 aromatic rings. The predicted molar refractivity (Wildman–Crippen MR) is 128 cm³/mol. The highest BCUT2D eigenvalue weighted by molar-refractivity contribution is 5.68. The molecule has 2 aromatic heterocycles. The van der Waals surface area contributed by atoms with Gasteiger partial charge in [-0.3, -0.25) is 9.07 Å². The van der Waals surface area contributed by atoms with Gasteiger partial charge in [0.2, 0.25) is 5.95 Å². The number of halogens is 1. The van der Waals surface area contributed by atoms with Gasteiger partial charge in [-0.05, 0) is 63.8 Å². The summed E-state index contributed by atoms with van der Waals surface area (Å²) in [7, 11) is 0. The Morgan fingerprint density at radius 1 is 1.21 bits per heavy atom. The molecule has 34 heavy (non-hydrogen) atoms. The van der Waals surface area contributed by atoms with Crippen LogP contribution in [0.1, 0.15) is 44.7 Å². The summed E-state index contributed by atoms with van der Waals surface area (Å²) in [6.07, 6.45) is 6.83. The van der Waals surface area contributed by atoms with Crippen LogP contribution in [-0.2, 0) is 17.8 Å². The molecular formula is C25H31FN6O2. The Balaban J connectivity index is 1.39. The van der Waals surface area contributed by atoms with Crippen LogP contribution >= 0.6 is 0 Å². The van der Waals surface area contributed by atoms with E-state index in [9.17, 15) is 9.18 Å². The number of alkyl carbamates (subject to hydrolysis) is 1. The average Bonchev–Trinajstić information content (AvgIpc) is 3.41. The summed E-state index contributed by atoms with van der Waals surface area (Å²) in [6.45, 7) is 8.09. The highest BCUT2D eigenvalue weighted by Crippen LogP contribution is 2.47. The van der Waals surface area contributed by atoms with Gasteiger partial charge in [-0.25, -0.2) is 14.8 Å². The number of rotatable bonds is 8. The van der Waals surface area contributed by atoms with E-state index >= 15 is 0 Å². The van der Waals surface area contributed by atoms with Crippen molar-refractivity contribution in [2.24, 2.45) is 5.41 Å². The Morgan fingerprint density at radius 3 is 2.59 bits per heavy atom. The first kappa shape index (κ1) is 23.7. The molecule has 1 aliphatic rings. The molecule has 1 aromatic carbocycles. The summed E-state index contributed by atoms with van der Waals surface area (Å²) < 4.78 is 20.3. The van der Waals surface area contributed by atoms with E-state index in [1.807, 2.05) is 58.2 Å². The van der Waals surface area contributed by atoms with E-state index in [1.54, 1.807) is 17.1 Å². The Bertz CT molecular complexity index is 1150. The van der Waals surface area contributed by atoms with Crippen molar-refractivity contribution in [2.75, 3.05) is 12.0 Å². The van der Waals surface area contributed by atoms with Gasteiger partial charge in [0.15, 0.2) is 0 Å². The quantitative estimate of drug-likeness (QED) is 0.476. The summed E-state index contributed by atoms with van der Waals surface area (Å²) in [5.41, 5.74) is 3.59. The molecule has 2 N–H and O–H groups in total. The van der Waals surface area contributed by atoms with Gasteiger partial charge in [-0.15, -0.1) is 0 Å². The predicted octanol–water partition coefficient (Wildman–Crippen LogP) is 5.17. The molecule has 1 aliphatic carbocycles. The van der Waals surface area contributed by atoms with Crippen LogP contribution in [0.3, 0.4) is 0 Å². The molecule has 180 valence electrons. The molecule has 4 rings (SSSR count). The Morgan fingerprint density at radius 2 is 1.94 bits per heavy atom. The second-order valence-corrected chi connectivity index (χ2v) is 9.96. The van der Waals surface area contributed by atoms with E-state index in [4.69, 9.17) is 4.74 Å². The minimum absolute atomic E-state index is 0.231. The number of nitrogens with zero attached hydrogens (tertiary/aromatic N) is 4. The maximum atomic E-state index is 13.2. The summed E-state index contributed by atoms with van der Waals surface area (Å²) >= 11 is 0. The van der Waals surface area contributed by atoms with Crippen LogP contribution in [0.15, 0.2) is 42.9 Å². The molecular weight excluding hydrogens is 435 g/mol. The Kier molecular flexibility index (Phi) is 6.54. The third kappa shape index (κ3) is 6.09. The number of aromatic nitrogens is 4. The Hall–Kier alpha value is -3.49. The maximum Gasteiger partial charge on any atom is 0.407 e. The number of nitrogens with one attached hydrogen (secondary N) is 2. The number of benzene rings is 1. The van der Waals surface area contributed by atoms with Gasteiger partial charge in [-0.1, -0.05) is 12.1 Å². The largest absolute Gasteiger partial charge is 0.444 e. The summed E-state index contributed by atoms with van der Waals surface area (Å²) in [5, 5.41) is 10.4. The van der Waals surface area contributed by atoms with E-state index in [0.717, 1.165) is 40.9 Å². The van der Waals surface area contributed by atoms with Crippen molar-refractivity contribution in [1.82, 2.24) is 25.1 Å². The number of alkyl halides is 1. The number of anilines is 2. The van der Waals surface area contributed by atoms with Crippen LogP contribution in [-0.4, -0.2) is 38.1 Å². The third-order valence-corrected chi connectivity index (χ3v) is 5.66. The van der Waals surface area contributed by atoms with E-state index < -0.39 is 11.7 Å². The SMILES string of the molecule is Cc1cnc(Nc2ccc(CNC(=O)OC(C)(C)C)cc2)nc1-c1cnn(CC2(CF)CC2)c1. The minimum Gasteiger partial charge on any atom is -0.444 e. The molecule has 1 saturated carbocycles. The van der Waals surface area contributed by atoms with Crippen LogP contribution in [0.4, 0.5) is 20.8 Å². The lowest BCUT2D eigenvalue weighted by atomic mass is 10.1. The first-order valence-electron chi connectivity index (χ1n) is 11.4. The van der Waals surface area contributed by atoms with Gasteiger partial charge in [0.05, 0.1) is 18.6 Å². The number of carbonyl (C=O) groups is 1. The zero-order chi connectivity index (χ0) is 24.3. The third-order valence-electron chi connectivity index (χ3n) is 5.66. The average molecular weight is 467 g/mol. The van der Waals surface area contributed by atoms with Crippen molar-refractivity contribution in [2.45, 2.75) is 59.2 Å². The fourth-order valence-corrected chi connectivity index (χ4v) is 3.54. The standard InChI is InChI=1S/C25H31FN6O2/c1-17-11-27-22(31-21(17)19-13-29-32(14-19)16-25(15-26)9-10-25)30-20-7-5-18(6-8-20)12-28-23(33)34-24(2,3)4/h5-8,11,13-14H,9-10,12,15-16H2,1-4H3,(H,28,33)(H,27,30,31). The fraction of sp³-hybridized carbons (Fsp3) is 0.440. The van der Waals surface area contributed by atoms with Crippen molar-refractivity contribution in [3.05, 3.63) is 54.0 Å². The zero-order valence-corrected chi connectivity index (χ0v) is 20.1. The first-order valence-corrected chi connectivity index (χ1v) is 11.4. The number of amides is 1. The lowest BCUT2D eigenvalue weighted by Gasteiger charge is -2.19. The molecule has 0 aliphatic heterocycles. The number of hydrogen-bond donors (Lipinski definition) is 2. The Labute approximate surface area is 199 Å². The van der Waals surface area contributed by atoms with Crippen molar-refractivity contribution >= 4 is 17.7 Å². The van der Waals surface area contributed by atoms with E-state index in [1.165, 1.54) is 0 Å². The lowest BCUT2D eigenvalue weighted by molar-refractivity contribution is 0.0523. The fourth-order valence-electron chi connectivity index (χ4n) is 3.54. The van der Waals surface area contributed by atoms with Crippen molar-refractivity contribution in [3.8, 4) is 11.3 Å². The van der Waals surface area contributed by atoms with Gasteiger partial charge in [0, 0.05) is 42.1 Å². The van der Waals surface area contributed by atoms with E-state index in [-0.39, 0.29) is 12.1 Å². The normalized spacial score (nSPS) is 14.5. The molecule has 0 atom stereocenters. The highest BCUT2D eigenvalue weighted by Gasteiger charge is 2.43. The smallest absolute Gasteiger partial charge is 0.407 e. The van der Waals surface area contributed by atoms with Gasteiger partial charge in [-0.2, -0.15) is 5.10 Å². The molecule has 1 amide bonds. The molecule has 0 radical (unpaired) electrons. The lowest BCUT2D eigenvalue weighted by Crippen LogP contribution is -2.32. The van der Waals surface area contributed by atoms with Crippen molar-refractivity contribution in [3.63, 3.8) is 0 Å². The number of carbonyl (C=O) groups excluding carboxylic acids is 1. The van der Waals surface area contributed by atoms with E-state index in [2.05, 4.69) is 25.7 Å². The summed E-state index contributed by atoms with van der Waals surface area (Å²) in [4.78, 5) is 20.9. The van der Waals surface area contributed by atoms with Crippen LogP contribution in [0.5, 0.6) is 0 Å². The van der Waals surface area contributed by atoms with Crippen molar-refractivity contribution < 1.29 is 13.9 Å². The molecule has 0 unspecified atom stereocenters. The minimum atomic E-state index is -0.531. The molecule has 2 heterocycles. The summed E-state index contributed by atoms with van der Waals surface area (Å²) in [5.74, 6) is 0.468. The van der Waals surface area contributed by atoms with Crippen LogP contribution < -0.4 is 10.6 Å². The highest BCUT2D eigenvalue weighted by atomic mass is 19.1. The zero-order valence-electron chi connectivity index (χ0n) is 20.1. The molecule has 9 heteroatoms. The molecule has 0 bridgehead atoms. The van der Waals surface area contributed by atoms with Crippen LogP contribution in [0.25, 0.3) is 11.3 Å². The molecule has 1 fully saturated rings. The van der Waals surface area contributed by atoms with Crippen LogP contribution in [0, 0.1) is 12.3 Å². The number of ether oxygens (including phenoxy) is 1. The number of aryl methyl sites for hydroxylation is 1. The summed E-state index contributed by atoms with van der Waals surface area (Å²) in [6, 6.07) is 7.63. The number of hydrogen-bond acceptors (Lipinski definition) is 6. The van der Waals surface area contributed by atoms with Gasteiger partial charge in [0.1, 0.15) is 5.60 Å². The second-order valence-electron chi connectivity index (χ2n) is 9.96. The maximum absolute atomic E-state index is 13.2. The second kappa shape index (κ2) is 9.40. The first-order chi connectivity index (χ1) is 16.1. The monoisotopic (exact) mass is 466 g/mol. The van der Waals surface area contributed by atoms with E-state index in [0.29, 0.717) is 19.0 Å². The van der Waals surface area contributed by atoms with Gasteiger partial charge < -0.3 is 15.4 Å². The van der Waals surface area contributed by atoms with Crippen LogP contribution in [0.2, 0.25) is 0 Å². The van der Waals surface area contributed by atoms with Gasteiger partial charge in [0.25, 0.3) is 0 Å². The topological polar surface area (TPSA) is 94.0 Å². The van der Waals surface area contributed by atoms with Crippen molar-refractivity contribution in [1.29, 1.82) is 0 Å². The molecule has 0 saturated heterocycles.